The standard InChI is InChI=1S/C17H23N3O5S/c1-13(21)19-8-6-16(23)20-9-10-26-12-25-17(24)5-4-15(22)14-3-2-7-18-11-14/h2-3,7,11H,4-6,8-10,12H2,1H3,(H,19,21)(H,20,23). The molecule has 1 aromatic rings. The van der Waals surface area contributed by atoms with Crippen molar-refractivity contribution in [1.82, 2.24) is 15.6 Å². The van der Waals surface area contributed by atoms with Gasteiger partial charge in [-0.1, -0.05) is 0 Å². The van der Waals surface area contributed by atoms with E-state index in [9.17, 15) is 19.2 Å². The van der Waals surface area contributed by atoms with Gasteiger partial charge in [0.1, 0.15) is 5.94 Å². The summed E-state index contributed by atoms with van der Waals surface area (Å²) in [6, 6.07) is 3.32. The first-order chi connectivity index (χ1) is 12.5. The lowest BCUT2D eigenvalue weighted by Crippen LogP contribution is -2.30. The maximum atomic E-state index is 11.8. The Labute approximate surface area is 156 Å². The Morgan fingerprint density at radius 1 is 1.12 bits per heavy atom. The molecule has 9 heteroatoms. The molecule has 8 nitrogen and oxygen atoms in total. The highest BCUT2D eigenvalue weighted by Crippen LogP contribution is 2.06. The molecule has 0 aliphatic rings. The molecule has 0 saturated heterocycles. The zero-order valence-corrected chi connectivity index (χ0v) is 15.5. The maximum absolute atomic E-state index is 11.8. The molecule has 1 aromatic heterocycles. The van der Waals surface area contributed by atoms with Crippen molar-refractivity contribution >= 4 is 35.3 Å². The smallest absolute Gasteiger partial charge is 0.307 e. The first-order valence-corrected chi connectivity index (χ1v) is 9.32. The van der Waals surface area contributed by atoms with E-state index in [1.807, 2.05) is 0 Å². The van der Waals surface area contributed by atoms with Crippen LogP contribution in [0.1, 0.15) is 36.5 Å². The van der Waals surface area contributed by atoms with Gasteiger partial charge in [-0.3, -0.25) is 24.2 Å². The number of nitrogens with one attached hydrogen (secondary N) is 2. The lowest BCUT2D eigenvalue weighted by molar-refractivity contribution is -0.141. The third-order valence-electron chi connectivity index (χ3n) is 3.14. The lowest BCUT2D eigenvalue weighted by Gasteiger charge is -2.06. The fraction of sp³-hybridized carbons (Fsp3) is 0.471. The van der Waals surface area contributed by atoms with Gasteiger partial charge in [0.05, 0.1) is 6.42 Å². The van der Waals surface area contributed by atoms with Crippen LogP contribution in [-0.2, 0) is 19.1 Å². The number of hydrogen-bond donors (Lipinski definition) is 2. The SMILES string of the molecule is CC(=O)NCCC(=O)NCCSCOC(=O)CCC(=O)c1cccnc1. The minimum absolute atomic E-state index is 0.0220. The highest BCUT2D eigenvalue weighted by atomic mass is 32.2. The number of Topliss-reactive ketones (excluding diaryl/α,β-unsaturated/α-hetero) is 1. The number of amides is 2. The molecule has 2 N–H and O–H groups in total. The highest BCUT2D eigenvalue weighted by molar-refractivity contribution is 7.99. The van der Waals surface area contributed by atoms with Crippen LogP contribution in [0.5, 0.6) is 0 Å². The summed E-state index contributed by atoms with van der Waals surface area (Å²) in [5.74, 6) is -0.142. The fourth-order valence-corrected chi connectivity index (χ4v) is 2.41. The molecular formula is C17H23N3O5S. The Bertz CT molecular complexity index is 610. The normalized spacial score (nSPS) is 10.0. The van der Waals surface area contributed by atoms with Crippen LogP contribution in [0.4, 0.5) is 0 Å². The molecule has 0 unspecified atom stereocenters. The number of thioether (sulfide) groups is 1. The monoisotopic (exact) mass is 381 g/mol. The van der Waals surface area contributed by atoms with E-state index in [1.165, 1.54) is 24.9 Å². The average molecular weight is 381 g/mol. The molecule has 0 aliphatic heterocycles. The quantitative estimate of drug-likeness (QED) is 0.239. The zero-order valence-electron chi connectivity index (χ0n) is 14.7. The number of ketones is 1. The number of aromatic nitrogens is 1. The summed E-state index contributed by atoms with van der Waals surface area (Å²) in [7, 11) is 0. The van der Waals surface area contributed by atoms with Gasteiger partial charge in [-0.25, -0.2) is 0 Å². The number of carbonyl (C=O) groups excluding carboxylic acids is 4. The van der Waals surface area contributed by atoms with Crippen LogP contribution in [0.2, 0.25) is 0 Å². The summed E-state index contributed by atoms with van der Waals surface area (Å²) >= 11 is 1.36. The first-order valence-electron chi connectivity index (χ1n) is 8.16. The first kappa shape index (κ1) is 21.6. The van der Waals surface area contributed by atoms with E-state index in [0.717, 1.165) is 0 Å². The van der Waals surface area contributed by atoms with E-state index in [2.05, 4.69) is 15.6 Å². The van der Waals surface area contributed by atoms with Crippen molar-refractivity contribution in [3.8, 4) is 0 Å². The number of esters is 1. The molecule has 142 valence electrons. The predicted octanol–water partition coefficient (Wildman–Crippen LogP) is 0.921. The summed E-state index contributed by atoms with van der Waals surface area (Å²) in [6.45, 7) is 2.15. The molecule has 26 heavy (non-hydrogen) atoms. The molecule has 1 heterocycles. The molecule has 0 aliphatic carbocycles. The number of nitrogens with zero attached hydrogens (tertiary/aromatic N) is 1. The molecule has 1 rings (SSSR count). The highest BCUT2D eigenvalue weighted by Gasteiger charge is 2.10. The molecule has 0 saturated carbocycles. The van der Waals surface area contributed by atoms with E-state index < -0.39 is 5.97 Å². The second-order valence-electron chi connectivity index (χ2n) is 5.29. The summed E-state index contributed by atoms with van der Waals surface area (Å²) < 4.78 is 5.02. The maximum Gasteiger partial charge on any atom is 0.307 e. The van der Waals surface area contributed by atoms with Gasteiger partial charge < -0.3 is 15.4 Å². The second kappa shape index (κ2) is 12.9. The Morgan fingerprint density at radius 3 is 2.62 bits per heavy atom. The Morgan fingerprint density at radius 2 is 1.92 bits per heavy atom. The summed E-state index contributed by atoms with van der Waals surface area (Å²) in [6.07, 6.45) is 3.37. The van der Waals surface area contributed by atoms with Crippen LogP contribution < -0.4 is 10.6 Å². The minimum Gasteiger partial charge on any atom is -0.455 e. The van der Waals surface area contributed by atoms with Gasteiger partial charge in [-0.15, -0.1) is 11.8 Å². The molecule has 0 atom stereocenters. The van der Waals surface area contributed by atoms with Crippen LogP contribution >= 0.6 is 11.8 Å². The third-order valence-corrected chi connectivity index (χ3v) is 3.91. The van der Waals surface area contributed by atoms with Crippen LogP contribution in [-0.4, -0.2) is 53.3 Å². The van der Waals surface area contributed by atoms with Gasteiger partial charge in [-0.2, -0.15) is 0 Å². The Kier molecular flexibility index (Phi) is 10.7. The number of pyridine rings is 1. The molecule has 2 amide bonds. The van der Waals surface area contributed by atoms with Crippen molar-refractivity contribution in [1.29, 1.82) is 0 Å². The molecule has 0 radical (unpaired) electrons. The minimum atomic E-state index is -0.436. The van der Waals surface area contributed by atoms with Gasteiger partial charge >= 0.3 is 5.97 Å². The Hall–Kier alpha value is -2.42. The van der Waals surface area contributed by atoms with Gasteiger partial charge in [0, 0.05) is 56.6 Å². The fourth-order valence-electron chi connectivity index (χ4n) is 1.83. The molecule has 0 fully saturated rings. The van der Waals surface area contributed by atoms with Crippen LogP contribution in [0.15, 0.2) is 24.5 Å². The number of ether oxygens (including phenoxy) is 1. The molecule has 0 aromatic carbocycles. The molecule has 0 bridgehead atoms. The van der Waals surface area contributed by atoms with Crippen molar-refractivity contribution < 1.29 is 23.9 Å². The van der Waals surface area contributed by atoms with Gasteiger partial charge in [0.25, 0.3) is 0 Å². The third kappa shape index (κ3) is 10.4. The topological polar surface area (TPSA) is 114 Å². The largest absolute Gasteiger partial charge is 0.455 e. The van der Waals surface area contributed by atoms with Crippen molar-refractivity contribution in [2.75, 3.05) is 24.8 Å². The number of carbonyl (C=O) groups is 4. The predicted molar refractivity (Wildman–Crippen MR) is 97.5 cm³/mol. The van der Waals surface area contributed by atoms with Gasteiger partial charge in [-0.05, 0) is 12.1 Å². The van der Waals surface area contributed by atoms with Crippen LogP contribution in [0.25, 0.3) is 0 Å². The van der Waals surface area contributed by atoms with Gasteiger partial charge in [0.15, 0.2) is 5.78 Å². The number of hydrogen-bond acceptors (Lipinski definition) is 7. The zero-order chi connectivity index (χ0) is 19.2. The second-order valence-corrected chi connectivity index (χ2v) is 6.34. The summed E-state index contributed by atoms with van der Waals surface area (Å²) in [5, 5.41) is 5.24. The van der Waals surface area contributed by atoms with E-state index >= 15 is 0 Å². The van der Waals surface area contributed by atoms with E-state index in [-0.39, 0.29) is 42.8 Å². The summed E-state index contributed by atoms with van der Waals surface area (Å²) in [4.78, 5) is 49.4. The lowest BCUT2D eigenvalue weighted by atomic mass is 10.1. The number of rotatable bonds is 12. The van der Waals surface area contributed by atoms with Crippen molar-refractivity contribution in [2.45, 2.75) is 26.2 Å². The average Bonchev–Trinajstić information content (AvgIpc) is 2.63. The molecular weight excluding hydrogens is 358 g/mol. The van der Waals surface area contributed by atoms with Crippen molar-refractivity contribution in [3.63, 3.8) is 0 Å². The van der Waals surface area contributed by atoms with Crippen molar-refractivity contribution in [2.24, 2.45) is 0 Å². The van der Waals surface area contributed by atoms with Gasteiger partial charge in [0.2, 0.25) is 11.8 Å². The van der Waals surface area contributed by atoms with E-state index in [1.54, 1.807) is 18.3 Å². The van der Waals surface area contributed by atoms with Crippen LogP contribution in [0, 0.1) is 0 Å². The van der Waals surface area contributed by atoms with E-state index in [4.69, 9.17) is 4.74 Å². The van der Waals surface area contributed by atoms with Crippen molar-refractivity contribution in [3.05, 3.63) is 30.1 Å². The summed E-state index contributed by atoms with van der Waals surface area (Å²) in [5.41, 5.74) is 0.476. The molecule has 0 spiro atoms. The van der Waals surface area contributed by atoms with E-state index in [0.29, 0.717) is 24.4 Å². The van der Waals surface area contributed by atoms with Crippen LogP contribution in [0.3, 0.4) is 0 Å². The Balaban J connectivity index is 2.00.